The summed E-state index contributed by atoms with van der Waals surface area (Å²) in [6.07, 6.45) is 4.82. The Morgan fingerprint density at radius 1 is 1.56 bits per heavy atom. The summed E-state index contributed by atoms with van der Waals surface area (Å²) >= 11 is 0. The van der Waals surface area contributed by atoms with Gasteiger partial charge in [-0.25, -0.2) is 4.98 Å². The molecule has 1 unspecified atom stereocenters. The lowest BCUT2D eigenvalue weighted by atomic mass is 10.0. The Bertz CT molecular complexity index is 456. The van der Waals surface area contributed by atoms with Crippen molar-refractivity contribution in [2.75, 3.05) is 11.9 Å². The van der Waals surface area contributed by atoms with Gasteiger partial charge in [-0.05, 0) is 18.8 Å². The number of hydrogen-bond acceptors (Lipinski definition) is 4. The quantitative estimate of drug-likeness (QED) is 0.759. The van der Waals surface area contributed by atoms with E-state index in [4.69, 9.17) is 5.11 Å². The van der Waals surface area contributed by atoms with Crippen LogP contribution >= 0.6 is 0 Å². The third-order valence-corrected chi connectivity index (χ3v) is 2.80. The Morgan fingerprint density at radius 3 is 2.94 bits per heavy atom. The van der Waals surface area contributed by atoms with E-state index in [0.717, 1.165) is 6.42 Å². The van der Waals surface area contributed by atoms with Gasteiger partial charge in [0.15, 0.2) is 5.82 Å². The van der Waals surface area contributed by atoms with E-state index in [1.54, 1.807) is 19.4 Å². The van der Waals surface area contributed by atoms with E-state index in [-0.39, 0.29) is 12.0 Å². The van der Waals surface area contributed by atoms with Gasteiger partial charge in [-0.15, -0.1) is 0 Å². The molecule has 18 heavy (non-hydrogen) atoms. The summed E-state index contributed by atoms with van der Waals surface area (Å²) < 4.78 is 1.46. The van der Waals surface area contributed by atoms with E-state index >= 15 is 0 Å². The Kier molecular flexibility index (Phi) is 5.35. The first kappa shape index (κ1) is 14.2. The standard InChI is InChI=1S/C12H19N3O3/c1-9(3-4-10(16)17)5-6-13-11-12(18)15(2)8-7-14-11/h7-9H,3-6H2,1-2H3,(H,13,14)(H,16,17). The zero-order valence-corrected chi connectivity index (χ0v) is 10.7. The van der Waals surface area contributed by atoms with E-state index in [0.29, 0.717) is 24.7 Å². The molecule has 1 aromatic heterocycles. The summed E-state index contributed by atoms with van der Waals surface area (Å²) in [6, 6.07) is 0. The second kappa shape index (κ2) is 6.78. The van der Waals surface area contributed by atoms with Crippen molar-refractivity contribution in [3.8, 4) is 0 Å². The average Bonchev–Trinajstić information content (AvgIpc) is 2.32. The number of anilines is 1. The molecule has 1 heterocycles. The van der Waals surface area contributed by atoms with E-state index in [2.05, 4.69) is 10.3 Å². The number of aliphatic carboxylic acids is 1. The van der Waals surface area contributed by atoms with Crippen molar-refractivity contribution < 1.29 is 9.90 Å². The number of carboxylic acid groups (broad SMARTS) is 1. The van der Waals surface area contributed by atoms with Crippen LogP contribution in [0.2, 0.25) is 0 Å². The number of nitrogens with zero attached hydrogens (tertiary/aromatic N) is 2. The maximum atomic E-state index is 11.6. The molecule has 1 aromatic rings. The van der Waals surface area contributed by atoms with Gasteiger partial charge in [0.1, 0.15) is 0 Å². The molecule has 0 amide bonds. The molecule has 0 aliphatic rings. The van der Waals surface area contributed by atoms with E-state index in [1.807, 2.05) is 6.92 Å². The number of rotatable bonds is 7. The van der Waals surface area contributed by atoms with Gasteiger partial charge < -0.3 is 15.0 Å². The molecule has 1 rings (SSSR count). The SMILES string of the molecule is CC(CCNc1nccn(C)c1=O)CCC(=O)O. The summed E-state index contributed by atoms with van der Waals surface area (Å²) in [4.78, 5) is 26.0. The van der Waals surface area contributed by atoms with Crippen LogP contribution in [0, 0.1) is 5.92 Å². The van der Waals surface area contributed by atoms with Gasteiger partial charge in [0.2, 0.25) is 0 Å². The fraction of sp³-hybridized carbons (Fsp3) is 0.583. The summed E-state index contributed by atoms with van der Waals surface area (Å²) in [5.41, 5.74) is -0.157. The van der Waals surface area contributed by atoms with Gasteiger partial charge >= 0.3 is 5.97 Å². The van der Waals surface area contributed by atoms with Gasteiger partial charge in [-0.2, -0.15) is 0 Å². The molecule has 0 aliphatic heterocycles. The van der Waals surface area contributed by atoms with Crippen LogP contribution in [0.25, 0.3) is 0 Å². The van der Waals surface area contributed by atoms with Gasteiger partial charge in [0.05, 0.1) is 0 Å². The Hall–Kier alpha value is -1.85. The first-order chi connectivity index (χ1) is 8.50. The molecule has 0 radical (unpaired) electrons. The highest BCUT2D eigenvalue weighted by molar-refractivity contribution is 5.66. The molecule has 0 saturated carbocycles. The Balaban J connectivity index is 2.35. The maximum Gasteiger partial charge on any atom is 0.303 e. The summed E-state index contributed by atoms with van der Waals surface area (Å²) in [5, 5.41) is 11.5. The average molecular weight is 253 g/mol. The smallest absolute Gasteiger partial charge is 0.303 e. The minimum absolute atomic E-state index is 0.157. The highest BCUT2D eigenvalue weighted by Crippen LogP contribution is 2.10. The minimum atomic E-state index is -0.770. The highest BCUT2D eigenvalue weighted by Gasteiger charge is 2.06. The lowest BCUT2D eigenvalue weighted by molar-refractivity contribution is -0.137. The van der Waals surface area contributed by atoms with Crippen LogP contribution < -0.4 is 10.9 Å². The monoisotopic (exact) mass is 253 g/mol. The van der Waals surface area contributed by atoms with Crippen LogP contribution in [-0.2, 0) is 11.8 Å². The lowest BCUT2D eigenvalue weighted by Crippen LogP contribution is -2.22. The molecule has 6 heteroatoms. The van der Waals surface area contributed by atoms with E-state index in [9.17, 15) is 9.59 Å². The summed E-state index contributed by atoms with van der Waals surface area (Å²) in [5.74, 6) is -0.125. The van der Waals surface area contributed by atoms with Gasteiger partial charge in [-0.1, -0.05) is 6.92 Å². The number of aromatic nitrogens is 2. The van der Waals surface area contributed by atoms with Gasteiger partial charge in [0.25, 0.3) is 5.56 Å². The molecule has 100 valence electrons. The number of aryl methyl sites for hydroxylation is 1. The maximum absolute atomic E-state index is 11.6. The van der Waals surface area contributed by atoms with Crippen molar-refractivity contribution in [2.24, 2.45) is 13.0 Å². The predicted octanol–water partition coefficient (Wildman–Crippen LogP) is 1.08. The molecule has 0 aromatic carbocycles. The van der Waals surface area contributed by atoms with Crippen LogP contribution in [0.1, 0.15) is 26.2 Å². The molecule has 2 N–H and O–H groups in total. The van der Waals surface area contributed by atoms with Crippen molar-refractivity contribution in [3.63, 3.8) is 0 Å². The Labute approximate surface area is 106 Å². The van der Waals surface area contributed by atoms with Crippen LogP contribution in [0.4, 0.5) is 5.82 Å². The summed E-state index contributed by atoms with van der Waals surface area (Å²) in [7, 11) is 1.67. The van der Waals surface area contributed by atoms with Crippen molar-refractivity contribution in [3.05, 3.63) is 22.7 Å². The fourth-order valence-electron chi connectivity index (χ4n) is 1.57. The zero-order chi connectivity index (χ0) is 13.5. The van der Waals surface area contributed by atoms with E-state index < -0.39 is 5.97 Å². The molecule has 0 bridgehead atoms. The fourth-order valence-corrected chi connectivity index (χ4v) is 1.57. The van der Waals surface area contributed by atoms with Crippen molar-refractivity contribution in [1.29, 1.82) is 0 Å². The second-order valence-corrected chi connectivity index (χ2v) is 4.44. The van der Waals surface area contributed by atoms with Gasteiger partial charge in [-0.3, -0.25) is 9.59 Å². The van der Waals surface area contributed by atoms with Crippen molar-refractivity contribution in [2.45, 2.75) is 26.2 Å². The number of hydrogen-bond donors (Lipinski definition) is 2. The molecule has 0 aliphatic carbocycles. The molecule has 1 atom stereocenters. The third-order valence-electron chi connectivity index (χ3n) is 2.80. The van der Waals surface area contributed by atoms with Crippen LogP contribution in [0.3, 0.4) is 0 Å². The summed E-state index contributed by atoms with van der Waals surface area (Å²) in [6.45, 7) is 2.62. The first-order valence-electron chi connectivity index (χ1n) is 5.98. The zero-order valence-electron chi connectivity index (χ0n) is 10.7. The molecule has 0 spiro atoms. The first-order valence-corrected chi connectivity index (χ1v) is 5.98. The highest BCUT2D eigenvalue weighted by atomic mass is 16.4. The normalized spacial score (nSPS) is 12.1. The van der Waals surface area contributed by atoms with Crippen molar-refractivity contribution in [1.82, 2.24) is 9.55 Å². The molecular formula is C12H19N3O3. The second-order valence-electron chi connectivity index (χ2n) is 4.44. The number of carbonyl (C=O) groups is 1. The lowest BCUT2D eigenvalue weighted by Gasteiger charge is -2.11. The molecule has 6 nitrogen and oxygen atoms in total. The van der Waals surface area contributed by atoms with Crippen LogP contribution in [0.15, 0.2) is 17.2 Å². The predicted molar refractivity (Wildman–Crippen MR) is 68.6 cm³/mol. The Morgan fingerprint density at radius 2 is 2.28 bits per heavy atom. The third kappa shape index (κ3) is 4.57. The topological polar surface area (TPSA) is 84.2 Å². The van der Waals surface area contributed by atoms with Crippen molar-refractivity contribution >= 4 is 11.8 Å². The molecular weight excluding hydrogens is 234 g/mol. The molecule has 0 fully saturated rings. The van der Waals surface area contributed by atoms with E-state index in [1.165, 1.54) is 4.57 Å². The minimum Gasteiger partial charge on any atom is -0.481 e. The van der Waals surface area contributed by atoms with Gasteiger partial charge in [0, 0.05) is 32.4 Å². The largest absolute Gasteiger partial charge is 0.481 e. The molecule has 0 saturated heterocycles. The van der Waals surface area contributed by atoms with Crippen LogP contribution in [-0.4, -0.2) is 27.2 Å². The van der Waals surface area contributed by atoms with Crippen LogP contribution in [0.5, 0.6) is 0 Å². The number of nitrogens with one attached hydrogen (secondary N) is 1. The number of carboxylic acids is 1.